The number of hydrogen-bond acceptors (Lipinski definition) is 1. The molecule has 0 aromatic heterocycles. The van der Waals surface area contributed by atoms with Gasteiger partial charge in [-0.05, 0) is 33.0 Å². The molecule has 0 bridgehead atoms. The lowest BCUT2D eigenvalue weighted by molar-refractivity contribution is 0.502. The SMILES string of the molecule is C=C/C=C\C(=C(C)C)N(C=C)CC. The Hall–Kier alpha value is -1.24. The van der Waals surface area contributed by atoms with Crippen LogP contribution in [0.4, 0.5) is 0 Å². The summed E-state index contributed by atoms with van der Waals surface area (Å²) in [4.78, 5) is 2.11. The Morgan fingerprint density at radius 2 is 1.92 bits per heavy atom. The average Bonchev–Trinajstić information content (AvgIpc) is 2.11. The van der Waals surface area contributed by atoms with E-state index in [4.69, 9.17) is 0 Å². The molecule has 13 heavy (non-hydrogen) atoms. The summed E-state index contributed by atoms with van der Waals surface area (Å²) in [7, 11) is 0. The van der Waals surface area contributed by atoms with E-state index in [0.717, 1.165) is 6.54 Å². The molecule has 0 fully saturated rings. The maximum absolute atomic E-state index is 3.78. The molecule has 0 spiro atoms. The number of rotatable bonds is 5. The second kappa shape index (κ2) is 6.30. The minimum Gasteiger partial charge on any atom is -0.349 e. The van der Waals surface area contributed by atoms with E-state index < -0.39 is 0 Å². The molecular weight excluding hydrogens is 158 g/mol. The third kappa shape index (κ3) is 3.79. The molecule has 0 unspecified atom stereocenters. The third-order valence-electron chi connectivity index (χ3n) is 1.77. The summed E-state index contributed by atoms with van der Waals surface area (Å²) in [5.74, 6) is 0. The molecule has 0 atom stereocenters. The Morgan fingerprint density at radius 3 is 2.23 bits per heavy atom. The van der Waals surface area contributed by atoms with Gasteiger partial charge in [0.05, 0.1) is 0 Å². The van der Waals surface area contributed by atoms with Crippen molar-refractivity contribution in [3.05, 3.63) is 48.9 Å². The van der Waals surface area contributed by atoms with E-state index in [9.17, 15) is 0 Å². The highest BCUT2D eigenvalue weighted by atomic mass is 15.1. The van der Waals surface area contributed by atoms with E-state index in [1.165, 1.54) is 11.3 Å². The molecule has 0 aromatic carbocycles. The molecule has 0 aliphatic heterocycles. The van der Waals surface area contributed by atoms with Gasteiger partial charge in [-0.15, -0.1) is 0 Å². The lowest BCUT2D eigenvalue weighted by atomic mass is 10.2. The fourth-order valence-electron chi connectivity index (χ4n) is 1.11. The molecule has 1 heteroatoms. The molecule has 0 rings (SSSR count). The van der Waals surface area contributed by atoms with Crippen LogP contribution in [-0.4, -0.2) is 11.4 Å². The van der Waals surface area contributed by atoms with E-state index in [2.05, 4.69) is 38.8 Å². The topological polar surface area (TPSA) is 3.24 Å². The Kier molecular flexibility index (Phi) is 5.69. The van der Waals surface area contributed by atoms with Gasteiger partial charge in [0, 0.05) is 12.2 Å². The molecule has 0 N–H and O–H groups in total. The van der Waals surface area contributed by atoms with Crippen LogP contribution in [0.1, 0.15) is 20.8 Å². The van der Waals surface area contributed by atoms with Gasteiger partial charge >= 0.3 is 0 Å². The van der Waals surface area contributed by atoms with Crippen molar-refractivity contribution in [3.63, 3.8) is 0 Å². The minimum absolute atomic E-state index is 0.936. The third-order valence-corrected chi connectivity index (χ3v) is 1.77. The predicted molar refractivity (Wildman–Crippen MR) is 60.3 cm³/mol. The van der Waals surface area contributed by atoms with Crippen molar-refractivity contribution in [1.29, 1.82) is 0 Å². The zero-order chi connectivity index (χ0) is 10.3. The van der Waals surface area contributed by atoms with Crippen LogP contribution in [0.25, 0.3) is 0 Å². The summed E-state index contributed by atoms with van der Waals surface area (Å²) in [6.45, 7) is 14.6. The normalized spacial score (nSPS) is 9.77. The predicted octanol–water partition coefficient (Wildman–Crippen LogP) is 3.49. The first kappa shape index (κ1) is 11.8. The van der Waals surface area contributed by atoms with Crippen LogP contribution in [0.15, 0.2) is 48.9 Å². The van der Waals surface area contributed by atoms with Crippen molar-refractivity contribution < 1.29 is 0 Å². The highest BCUT2D eigenvalue weighted by Crippen LogP contribution is 2.11. The van der Waals surface area contributed by atoms with Crippen LogP contribution < -0.4 is 0 Å². The molecule has 0 heterocycles. The van der Waals surface area contributed by atoms with Crippen LogP contribution in [0.5, 0.6) is 0 Å². The minimum atomic E-state index is 0.936. The van der Waals surface area contributed by atoms with Crippen molar-refractivity contribution >= 4 is 0 Å². The van der Waals surface area contributed by atoms with E-state index in [1.54, 1.807) is 6.08 Å². The summed E-state index contributed by atoms with van der Waals surface area (Å²) in [6, 6.07) is 0. The van der Waals surface area contributed by atoms with Gasteiger partial charge in [0.2, 0.25) is 0 Å². The maximum Gasteiger partial charge on any atom is 0.0392 e. The second-order valence-electron chi connectivity index (χ2n) is 2.95. The Morgan fingerprint density at radius 1 is 1.31 bits per heavy atom. The van der Waals surface area contributed by atoms with Crippen LogP contribution in [0.3, 0.4) is 0 Å². The largest absolute Gasteiger partial charge is 0.349 e. The quantitative estimate of drug-likeness (QED) is 0.581. The van der Waals surface area contributed by atoms with E-state index >= 15 is 0 Å². The van der Waals surface area contributed by atoms with Gasteiger partial charge in [-0.3, -0.25) is 0 Å². The van der Waals surface area contributed by atoms with Gasteiger partial charge in [-0.1, -0.05) is 30.9 Å². The first-order valence-electron chi connectivity index (χ1n) is 4.53. The van der Waals surface area contributed by atoms with Crippen LogP contribution in [0.2, 0.25) is 0 Å². The molecule has 1 nitrogen and oxygen atoms in total. The Bertz CT molecular complexity index is 230. The standard InChI is InChI=1S/C12H19N/c1-6-9-10-12(11(4)5)13(7-2)8-3/h6-7,9-10H,1-2,8H2,3-5H3/b10-9-. The van der Waals surface area contributed by atoms with Crippen molar-refractivity contribution in [2.75, 3.05) is 6.54 Å². The van der Waals surface area contributed by atoms with Crippen molar-refractivity contribution in [2.24, 2.45) is 0 Å². The fourth-order valence-corrected chi connectivity index (χ4v) is 1.11. The van der Waals surface area contributed by atoms with Gasteiger partial charge in [-0.2, -0.15) is 0 Å². The molecule has 0 aliphatic rings. The van der Waals surface area contributed by atoms with Gasteiger partial charge in [0.15, 0.2) is 0 Å². The summed E-state index contributed by atoms with van der Waals surface area (Å²) in [6.07, 6.45) is 7.61. The molecule has 0 amide bonds. The first-order chi connectivity index (χ1) is 6.17. The second-order valence-corrected chi connectivity index (χ2v) is 2.95. The lowest BCUT2D eigenvalue weighted by Crippen LogP contribution is -2.15. The Labute approximate surface area is 81.8 Å². The number of likely N-dealkylation sites (N-methyl/N-ethyl adjacent to an activating group) is 1. The van der Waals surface area contributed by atoms with Gasteiger partial charge < -0.3 is 4.90 Å². The van der Waals surface area contributed by atoms with E-state index in [1.807, 2.05) is 18.4 Å². The summed E-state index contributed by atoms with van der Waals surface area (Å²) >= 11 is 0. The summed E-state index contributed by atoms with van der Waals surface area (Å²) in [5, 5.41) is 0. The van der Waals surface area contributed by atoms with E-state index in [-0.39, 0.29) is 0 Å². The number of nitrogens with zero attached hydrogens (tertiary/aromatic N) is 1. The zero-order valence-corrected chi connectivity index (χ0v) is 8.88. The lowest BCUT2D eigenvalue weighted by Gasteiger charge is -2.20. The van der Waals surface area contributed by atoms with Crippen LogP contribution in [0, 0.1) is 0 Å². The van der Waals surface area contributed by atoms with Crippen molar-refractivity contribution in [3.8, 4) is 0 Å². The van der Waals surface area contributed by atoms with Gasteiger partial charge in [-0.25, -0.2) is 0 Å². The zero-order valence-electron chi connectivity index (χ0n) is 8.88. The fraction of sp³-hybridized carbons (Fsp3) is 0.333. The summed E-state index contributed by atoms with van der Waals surface area (Å²) in [5.41, 5.74) is 2.47. The van der Waals surface area contributed by atoms with Crippen LogP contribution >= 0.6 is 0 Å². The summed E-state index contributed by atoms with van der Waals surface area (Å²) < 4.78 is 0. The van der Waals surface area contributed by atoms with Gasteiger partial charge in [0.1, 0.15) is 0 Å². The Balaban J connectivity index is 4.80. The molecular formula is C12H19N. The van der Waals surface area contributed by atoms with E-state index in [0.29, 0.717) is 0 Å². The monoisotopic (exact) mass is 177 g/mol. The smallest absolute Gasteiger partial charge is 0.0392 e. The number of allylic oxidation sites excluding steroid dienone is 4. The van der Waals surface area contributed by atoms with Crippen molar-refractivity contribution in [2.45, 2.75) is 20.8 Å². The maximum atomic E-state index is 3.78. The van der Waals surface area contributed by atoms with Crippen molar-refractivity contribution in [1.82, 2.24) is 4.90 Å². The molecule has 0 radical (unpaired) electrons. The molecule has 0 aromatic rings. The highest BCUT2D eigenvalue weighted by Gasteiger charge is 2.00. The van der Waals surface area contributed by atoms with Crippen LogP contribution in [-0.2, 0) is 0 Å². The molecule has 0 saturated heterocycles. The highest BCUT2D eigenvalue weighted by molar-refractivity contribution is 5.25. The van der Waals surface area contributed by atoms with Gasteiger partial charge in [0.25, 0.3) is 0 Å². The first-order valence-corrected chi connectivity index (χ1v) is 4.53. The average molecular weight is 177 g/mol. The molecule has 0 saturated carbocycles. The molecule has 72 valence electrons. The molecule has 0 aliphatic carbocycles. The number of hydrogen-bond donors (Lipinski definition) is 0.